The molecule has 1 saturated heterocycles. The van der Waals surface area contributed by atoms with E-state index in [0.717, 1.165) is 24.0 Å². The third-order valence-electron chi connectivity index (χ3n) is 4.41. The minimum atomic E-state index is 0.642. The highest BCUT2D eigenvalue weighted by molar-refractivity contribution is 8.00. The van der Waals surface area contributed by atoms with Gasteiger partial charge in [0.1, 0.15) is 5.75 Å². The molecule has 104 valence electrons. The molecule has 3 heteroatoms. The van der Waals surface area contributed by atoms with Crippen molar-refractivity contribution < 1.29 is 4.74 Å². The lowest BCUT2D eigenvalue weighted by Crippen LogP contribution is -2.36. The Bertz CT molecular complexity index is 417. The molecule has 1 aromatic rings. The first-order chi connectivity index (χ1) is 9.38. The number of hydrogen-bond acceptors (Lipinski definition) is 3. The molecule has 2 aliphatic rings. The van der Waals surface area contributed by atoms with Crippen molar-refractivity contribution in [1.82, 2.24) is 5.32 Å². The number of thioether (sulfide) groups is 1. The first-order valence-corrected chi connectivity index (χ1v) is 8.44. The van der Waals surface area contributed by atoms with Crippen LogP contribution in [0.1, 0.15) is 37.2 Å². The van der Waals surface area contributed by atoms with Crippen molar-refractivity contribution in [2.75, 3.05) is 19.4 Å². The van der Waals surface area contributed by atoms with Crippen molar-refractivity contribution in [3.05, 3.63) is 29.8 Å². The molecule has 0 spiro atoms. The summed E-state index contributed by atoms with van der Waals surface area (Å²) in [4.78, 5) is 0. The first kappa shape index (κ1) is 13.3. The van der Waals surface area contributed by atoms with E-state index in [9.17, 15) is 0 Å². The largest absolute Gasteiger partial charge is 0.493 e. The van der Waals surface area contributed by atoms with Crippen LogP contribution >= 0.6 is 11.8 Å². The third-order valence-corrected chi connectivity index (χ3v) is 5.92. The molecule has 0 aromatic heterocycles. The molecule has 1 fully saturated rings. The zero-order chi connectivity index (χ0) is 13.1. The van der Waals surface area contributed by atoms with E-state index >= 15 is 0 Å². The average molecular weight is 277 g/mol. The Balaban J connectivity index is 1.72. The summed E-state index contributed by atoms with van der Waals surface area (Å²) in [7, 11) is 2.12. The Hall–Kier alpha value is -0.670. The molecule has 3 atom stereocenters. The standard InChI is InChI=1S/C16H23NOS/c1-17-14(16-7-4-10-19-16)11-12-8-9-18-15-6-3-2-5-13(12)15/h2-3,5-6,12,14,16-17H,4,7-11H2,1H3. The number of hydrogen-bond donors (Lipinski definition) is 1. The van der Waals surface area contributed by atoms with Crippen molar-refractivity contribution in [3.8, 4) is 5.75 Å². The zero-order valence-electron chi connectivity index (χ0n) is 11.6. The topological polar surface area (TPSA) is 21.3 Å². The van der Waals surface area contributed by atoms with Crippen LogP contribution in [0.3, 0.4) is 0 Å². The maximum absolute atomic E-state index is 5.77. The van der Waals surface area contributed by atoms with Gasteiger partial charge >= 0.3 is 0 Å². The quantitative estimate of drug-likeness (QED) is 0.911. The van der Waals surface area contributed by atoms with E-state index in [0.29, 0.717) is 12.0 Å². The van der Waals surface area contributed by atoms with Gasteiger partial charge < -0.3 is 10.1 Å². The summed E-state index contributed by atoms with van der Waals surface area (Å²) >= 11 is 2.15. The van der Waals surface area contributed by atoms with Gasteiger partial charge in [0, 0.05) is 11.3 Å². The summed E-state index contributed by atoms with van der Waals surface area (Å²) < 4.78 is 5.77. The molecule has 1 N–H and O–H groups in total. The van der Waals surface area contributed by atoms with E-state index < -0.39 is 0 Å². The van der Waals surface area contributed by atoms with Crippen LogP contribution in [-0.2, 0) is 0 Å². The summed E-state index contributed by atoms with van der Waals surface area (Å²) in [5.41, 5.74) is 1.41. The van der Waals surface area contributed by atoms with Gasteiger partial charge in [-0.05, 0) is 56.0 Å². The Morgan fingerprint density at radius 2 is 2.26 bits per heavy atom. The van der Waals surface area contributed by atoms with E-state index in [-0.39, 0.29) is 0 Å². The van der Waals surface area contributed by atoms with Crippen molar-refractivity contribution in [2.24, 2.45) is 0 Å². The van der Waals surface area contributed by atoms with Crippen LogP contribution in [0.15, 0.2) is 24.3 Å². The maximum Gasteiger partial charge on any atom is 0.122 e. The number of rotatable bonds is 4. The first-order valence-electron chi connectivity index (χ1n) is 7.39. The van der Waals surface area contributed by atoms with Crippen molar-refractivity contribution in [1.29, 1.82) is 0 Å². The summed E-state index contributed by atoms with van der Waals surface area (Å²) in [6.45, 7) is 0.871. The molecular weight excluding hydrogens is 254 g/mol. The molecule has 3 unspecified atom stereocenters. The normalized spacial score (nSPS) is 27.6. The summed E-state index contributed by atoms with van der Waals surface area (Å²) in [5, 5.41) is 4.37. The minimum Gasteiger partial charge on any atom is -0.493 e. The molecule has 2 aliphatic heterocycles. The summed E-state index contributed by atoms with van der Waals surface area (Å²) in [6, 6.07) is 9.21. The Morgan fingerprint density at radius 1 is 1.37 bits per heavy atom. The van der Waals surface area contributed by atoms with Crippen molar-refractivity contribution in [3.63, 3.8) is 0 Å². The number of nitrogens with one attached hydrogen (secondary N) is 1. The third kappa shape index (κ3) is 2.92. The minimum absolute atomic E-state index is 0.642. The van der Waals surface area contributed by atoms with Gasteiger partial charge in [0.05, 0.1) is 6.61 Å². The van der Waals surface area contributed by atoms with Gasteiger partial charge in [-0.1, -0.05) is 18.2 Å². The molecule has 3 rings (SSSR count). The van der Waals surface area contributed by atoms with E-state index in [1.807, 2.05) is 0 Å². The molecule has 0 bridgehead atoms. The molecule has 0 radical (unpaired) electrons. The number of fused-ring (bicyclic) bond motifs is 1. The van der Waals surface area contributed by atoms with E-state index in [1.165, 1.54) is 30.6 Å². The van der Waals surface area contributed by atoms with Gasteiger partial charge in [-0.15, -0.1) is 0 Å². The summed E-state index contributed by atoms with van der Waals surface area (Å²) in [6.07, 6.45) is 5.17. The molecule has 0 aliphatic carbocycles. The van der Waals surface area contributed by atoms with E-state index in [4.69, 9.17) is 4.74 Å². The van der Waals surface area contributed by atoms with Gasteiger partial charge in [0.15, 0.2) is 0 Å². The van der Waals surface area contributed by atoms with Gasteiger partial charge in [0.25, 0.3) is 0 Å². The number of benzene rings is 1. The zero-order valence-corrected chi connectivity index (χ0v) is 12.4. The average Bonchev–Trinajstić information content (AvgIpc) is 2.99. The van der Waals surface area contributed by atoms with Crippen LogP contribution < -0.4 is 10.1 Å². The van der Waals surface area contributed by atoms with Crippen molar-refractivity contribution in [2.45, 2.75) is 42.9 Å². The second kappa shape index (κ2) is 6.19. The summed E-state index contributed by atoms with van der Waals surface area (Å²) in [5.74, 6) is 3.10. The fourth-order valence-corrected chi connectivity index (χ4v) is 4.79. The molecular formula is C16H23NOS. The molecule has 0 amide bonds. The lowest BCUT2D eigenvalue weighted by molar-refractivity contribution is 0.255. The monoisotopic (exact) mass is 277 g/mol. The smallest absolute Gasteiger partial charge is 0.122 e. The molecule has 19 heavy (non-hydrogen) atoms. The Labute approximate surface area is 120 Å². The predicted octanol–water partition coefficient (Wildman–Crippen LogP) is 3.43. The highest BCUT2D eigenvalue weighted by Gasteiger charge is 2.29. The van der Waals surface area contributed by atoms with Crippen LogP contribution in [-0.4, -0.2) is 30.7 Å². The van der Waals surface area contributed by atoms with E-state index in [2.05, 4.69) is 48.4 Å². The number of ether oxygens (including phenoxy) is 1. The lowest BCUT2D eigenvalue weighted by Gasteiger charge is -2.31. The van der Waals surface area contributed by atoms with Gasteiger partial charge in [-0.25, -0.2) is 0 Å². The van der Waals surface area contributed by atoms with Crippen LogP contribution in [0, 0.1) is 0 Å². The predicted molar refractivity (Wildman–Crippen MR) is 82.2 cm³/mol. The van der Waals surface area contributed by atoms with Crippen LogP contribution in [0.4, 0.5) is 0 Å². The van der Waals surface area contributed by atoms with Gasteiger partial charge in [-0.2, -0.15) is 11.8 Å². The van der Waals surface area contributed by atoms with Crippen LogP contribution in [0.25, 0.3) is 0 Å². The second-order valence-corrected chi connectivity index (χ2v) is 6.90. The molecule has 1 aromatic carbocycles. The SMILES string of the molecule is CNC(CC1CCOc2ccccc21)C1CCCS1. The lowest BCUT2D eigenvalue weighted by atomic mass is 9.86. The fourth-order valence-electron chi connectivity index (χ4n) is 3.34. The highest BCUT2D eigenvalue weighted by atomic mass is 32.2. The Kier molecular flexibility index (Phi) is 4.34. The van der Waals surface area contributed by atoms with Crippen LogP contribution in [0.5, 0.6) is 5.75 Å². The van der Waals surface area contributed by atoms with Crippen LogP contribution in [0.2, 0.25) is 0 Å². The fraction of sp³-hybridized carbons (Fsp3) is 0.625. The van der Waals surface area contributed by atoms with E-state index in [1.54, 1.807) is 0 Å². The molecule has 0 saturated carbocycles. The van der Waals surface area contributed by atoms with Gasteiger partial charge in [0.2, 0.25) is 0 Å². The maximum atomic E-state index is 5.77. The highest BCUT2D eigenvalue weighted by Crippen LogP contribution is 2.39. The molecule has 2 nitrogen and oxygen atoms in total. The second-order valence-electron chi connectivity index (χ2n) is 5.55. The van der Waals surface area contributed by atoms with Crippen molar-refractivity contribution >= 4 is 11.8 Å². The number of para-hydroxylation sites is 1. The van der Waals surface area contributed by atoms with Gasteiger partial charge in [-0.3, -0.25) is 0 Å². The Morgan fingerprint density at radius 3 is 3.05 bits per heavy atom. The molecule has 2 heterocycles.